The largest absolute Gasteiger partial charge is 0.368 e. The number of halogens is 2. The second-order valence-electron chi connectivity index (χ2n) is 7.25. The highest BCUT2D eigenvalue weighted by atomic mass is 35.5. The van der Waals surface area contributed by atoms with Gasteiger partial charge >= 0.3 is 6.03 Å². The molecule has 0 aliphatic carbocycles. The molecule has 1 saturated heterocycles. The lowest BCUT2D eigenvalue weighted by atomic mass is 10.2. The summed E-state index contributed by atoms with van der Waals surface area (Å²) >= 11 is 7.10. The van der Waals surface area contributed by atoms with Crippen LogP contribution in [0, 0.1) is 5.82 Å². The Morgan fingerprint density at radius 3 is 2.38 bits per heavy atom. The summed E-state index contributed by atoms with van der Waals surface area (Å²) in [7, 11) is 0. The van der Waals surface area contributed by atoms with Gasteiger partial charge in [0, 0.05) is 48.0 Å². The van der Waals surface area contributed by atoms with Crippen molar-refractivity contribution in [1.29, 1.82) is 0 Å². The molecule has 3 amide bonds. The summed E-state index contributed by atoms with van der Waals surface area (Å²) in [6.07, 6.45) is 0.174. The Morgan fingerprint density at radius 1 is 1.00 bits per heavy atom. The number of nitrogens with one attached hydrogen (secondary N) is 2. The molecule has 1 aliphatic heterocycles. The molecule has 10 heteroatoms. The molecule has 0 atom stereocenters. The number of thiazole rings is 1. The van der Waals surface area contributed by atoms with E-state index in [0.717, 1.165) is 5.69 Å². The van der Waals surface area contributed by atoms with Gasteiger partial charge in [0.15, 0.2) is 5.13 Å². The van der Waals surface area contributed by atoms with Crippen LogP contribution < -0.4 is 15.5 Å². The molecule has 0 radical (unpaired) electrons. The number of hydrogen-bond donors (Lipinski definition) is 2. The number of amides is 3. The molecule has 7 nitrogen and oxygen atoms in total. The van der Waals surface area contributed by atoms with Gasteiger partial charge in [-0.05, 0) is 48.5 Å². The van der Waals surface area contributed by atoms with E-state index in [1.54, 1.807) is 46.7 Å². The van der Waals surface area contributed by atoms with Crippen molar-refractivity contribution in [3.05, 3.63) is 70.4 Å². The van der Waals surface area contributed by atoms with Crippen molar-refractivity contribution in [3.63, 3.8) is 0 Å². The predicted molar refractivity (Wildman–Crippen MR) is 125 cm³/mol. The molecule has 1 aliphatic rings. The van der Waals surface area contributed by atoms with Crippen molar-refractivity contribution in [1.82, 2.24) is 9.88 Å². The van der Waals surface area contributed by atoms with Gasteiger partial charge in [-0.3, -0.25) is 10.1 Å². The summed E-state index contributed by atoms with van der Waals surface area (Å²) < 4.78 is 13.1. The van der Waals surface area contributed by atoms with E-state index in [1.165, 1.54) is 23.5 Å². The normalized spacial score (nSPS) is 13.7. The van der Waals surface area contributed by atoms with E-state index in [2.05, 4.69) is 20.5 Å². The number of benzene rings is 2. The summed E-state index contributed by atoms with van der Waals surface area (Å²) in [6.45, 7) is 2.56. The predicted octanol–water partition coefficient (Wildman–Crippen LogP) is 4.47. The summed E-state index contributed by atoms with van der Waals surface area (Å²) in [4.78, 5) is 33.1. The molecule has 166 valence electrons. The maximum absolute atomic E-state index is 13.1. The van der Waals surface area contributed by atoms with Crippen LogP contribution in [-0.2, 0) is 11.2 Å². The Hall–Kier alpha value is -3.17. The Balaban J connectivity index is 1.25. The average Bonchev–Trinajstić information content (AvgIpc) is 3.22. The topological polar surface area (TPSA) is 77.6 Å². The maximum atomic E-state index is 13.1. The number of rotatable bonds is 5. The molecule has 3 aromatic rings. The molecule has 0 saturated carbocycles. The highest BCUT2D eigenvalue weighted by molar-refractivity contribution is 7.14. The van der Waals surface area contributed by atoms with Crippen molar-refractivity contribution >= 4 is 51.4 Å². The fourth-order valence-corrected chi connectivity index (χ4v) is 4.20. The Labute approximate surface area is 193 Å². The Morgan fingerprint density at radius 2 is 1.69 bits per heavy atom. The third kappa shape index (κ3) is 5.74. The van der Waals surface area contributed by atoms with Gasteiger partial charge in [-0.1, -0.05) is 11.6 Å². The van der Waals surface area contributed by atoms with Gasteiger partial charge in [0.05, 0.1) is 12.1 Å². The van der Waals surface area contributed by atoms with Gasteiger partial charge in [-0.15, -0.1) is 11.3 Å². The second kappa shape index (κ2) is 9.97. The molecule has 0 unspecified atom stereocenters. The van der Waals surface area contributed by atoms with Gasteiger partial charge in [-0.2, -0.15) is 0 Å². The van der Waals surface area contributed by atoms with Crippen molar-refractivity contribution in [2.75, 3.05) is 41.7 Å². The molecule has 32 heavy (non-hydrogen) atoms. The first-order chi connectivity index (χ1) is 15.5. The van der Waals surface area contributed by atoms with Gasteiger partial charge in [0.2, 0.25) is 5.91 Å². The van der Waals surface area contributed by atoms with Crippen molar-refractivity contribution in [3.8, 4) is 0 Å². The number of urea groups is 1. The summed E-state index contributed by atoms with van der Waals surface area (Å²) in [6, 6.07) is 12.7. The number of aromatic nitrogens is 1. The molecular formula is C22H21ClFN5O2S. The number of carbonyl (C=O) groups is 2. The molecule has 2 aromatic carbocycles. The number of hydrogen-bond acceptors (Lipinski definition) is 5. The third-order valence-corrected chi connectivity index (χ3v) is 6.09. The summed E-state index contributed by atoms with van der Waals surface area (Å²) in [5.41, 5.74) is 2.17. The van der Waals surface area contributed by atoms with Gasteiger partial charge < -0.3 is 15.1 Å². The van der Waals surface area contributed by atoms with E-state index in [4.69, 9.17) is 11.6 Å². The highest BCUT2D eigenvalue weighted by Gasteiger charge is 2.22. The van der Waals surface area contributed by atoms with E-state index in [1.807, 2.05) is 0 Å². The molecule has 1 aromatic heterocycles. The summed E-state index contributed by atoms with van der Waals surface area (Å²) in [5.74, 6) is -0.270. The number of anilines is 3. The maximum Gasteiger partial charge on any atom is 0.325 e. The number of piperazine rings is 1. The van der Waals surface area contributed by atoms with Crippen LogP contribution in [0.4, 0.5) is 25.7 Å². The Kier molecular flexibility index (Phi) is 6.87. The first kappa shape index (κ1) is 22.0. The minimum Gasteiger partial charge on any atom is -0.368 e. The van der Waals surface area contributed by atoms with Crippen molar-refractivity contribution in [2.24, 2.45) is 0 Å². The fraction of sp³-hybridized carbons (Fsp3) is 0.227. The van der Waals surface area contributed by atoms with E-state index in [0.29, 0.717) is 47.7 Å². The van der Waals surface area contributed by atoms with Crippen LogP contribution in [0.25, 0.3) is 0 Å². The van der Waals surface area contributed by atoms with Gasteiger partial charge in [0.1, 0.15) is 5.82 Å². The zero-order chi connectivity index (χ0) is 22.5. The zero-order valence-corrected chi connectivity index (χ0v) is 18.6. The molecular weight excluding hydrogens is 453 g/mol. The molecule has 0 bridgehead atoms. The molecule has 0 spiro atoms. The van der Waals surface area contributed by atoms with Crippen LogP contribution in [0.2, 0.25) is 5.02 Å². The SMILES string of the molecule is O=C(Nc1ccc(Cl)cc1)Nc1nc(CC(=O)N2CCN(c3ccc(F)cc3)CC2)cs1. The van der Waals surface area contributed by atoms with Crippen LogP contribution in [0.1, 0.15) is 5.69 Å². The molecule has 2 N–H and O–H groups in total. The van der Waals surface area contributed by atoms with Crippen LogP contribution >= 0.6 is 22.9 Å². The van der Waals surface area contributed by atoms with E-state index in [-0.39, 0.29) is 18.1 Å². The lowest BCUT2D eigenvalue weighted by Crippen LogP contribution is -2.49. The minimum atomic E-state index is -0.420. The van der Waals surface area contributed by atoms with Crippen LogP contribution in [-0.4, -0.2) is 48.0 Å². The van der Waals surface area contributed by atoms with E-state index >= 15 is 0 Å². The Bertz CT molecular complexity index is 1080. The standard InChI is InChI=1S/C22H21ClFN5O2S/c23-15-1-5-17(6-2-15)25-21(31)27-22-26-18(14-32-22)13-20(30)29-11-9-28(10-12-29)19-7-3-16(24)4-8-19/h1-8,14H,9-13H2,(H2,25,26,27,31). The van der Waals surface area contributed by atoms with Crippen LogP contribution in [0.5, 0.6) is 0 Å². The average molecular weight is 474 g/mol. The van der Waals surface area contributed by atoms with Crippen LogP contribution in [0.15, 0.2) is 53.9 Å². The highest BCUT2D eigenvalue weighted by Crippen LogP contribution is 2.20. The van der Waals surface area contributed by atoms with E-state index < -0.39 is 6.03 Å². The first-order valence-corrected chi connectivity index (χ1v) is 11.3. The third-order valence-electron chi connectivity index (χ3n) is 5.03. The first-order valence-electron chi connectivity index (χ1n) is 10.0. The zero-order valence-electron chi connectivity index (χ0n) is 17.1. The molecule has 4 rings (SSSR count). The van der Waals surface area contributed by atoms with E-state index in [9.17, 15) is 14.0 Å². The number of carbonyl (C=O) groups excluding carboxylic acids is 2. The second-order valence-corrected chi connectivity index (χ2v) is 8.55. The van der Waals surface area contributed by atoms with Crippen molar-refractivity contribution in [2.45, 2.75) is 6.42 Å². The smallest absolute Gasteiger partial charge is 0.325 e. The number of nitrogens with zero attached hydrogens (tertiary/aromatic N) is 3. The lowest BCUT2D eigenvalue weighted by Gasteiger charge is -2.36. The van der Waals surface area contributed by atoms with Crippen LogP contribution in [0.3, 0.4) is 0 Å². The lowest BCUT2D eigenvalue weighted by molar-refractivity contribution is -0.130. The monoisotopic (exact) mass is 473 g/mol. The fourth-order valence-electron chi connectivity index (χ4n) is 3.37. The quantitative estimate of drug-likeness (QED) is 0.573. The van der Waals surface area contributed by atoms with Gasteiger partial charge in [0.25, 0.3) is 0 Å². The molecule has 2 heterocycles. The van der Waals surface area contributed by atoms with Crippen molar-refractivity contribution < 1.29 is 14.0 Å². The van der Waals surface area contributed by atoms with Gasteiger partial charge in [-0.25, -0.2) is 14.2 Å². The summed E-state index contributed by atoms with van der Waals surface area (Å²) in [5, 5.41) is 8.14. The minimum absolute atomic E-state index is 0.00813. The molecule has 1 fully saturated rings.